The molecule has 0 saturated carbocycles. The molecule has 0 bridgehead atoms. The molecule has 1 aliphatic heterocycles. The van der Waals surface area contributed by atoms with Gasteiger partial charge in [-0.05, 0) is 55.3 Å². The average Bonchev–Trinajstić information content (AvgIpc) is 2.78. The molecular weight excluding hydrogens is 381 g/mol. The summed E-state index contributed by atoms with van der Waals surface area (Å²) in [5.41, 5.74) is 2.58. The van der Waals surface area contributed by atoms with Gasteiger partial charge >= 0.3 is 0 Å². The third-order valence-corrected chi connectivity index (χ3v) is 7.70. The molecule has 2 unspecified atom stereocenters. The zero-order chi connectivity index (χ0) is 20.7. The second-order valence-corrected chi connectivity index (χ2v) is 9.68. The normalized spacial score (nSPS) is 16.8. The Balaban J connectivity index is 1.97. The van der Waals surface area contributed by atoms with Crippen LogP contribution in [0.3, 0.4) is 0 Å². The molecule has 0 amide bonds. The third kappa shape index (κ3) is 5.24. The number of benzene rings is 2. The molecular formula is C24H34NO3P. The molecule has 3 rings (SSSR count). The fourth-order valence-corrected chi connectivity index (χ4v) is 5.60. The van der Waals surface area contributed by atoms with Crippen LogP contribution in [0.1, 0.15) is 45.1 Å². The molecule has 0 spiro atoms. The van der Waals surface area contributed by atoms with Gasteiger partial charge in [0.2, 0.25) is 0 Å². The zero-order valence-corrected chi connectivity index (χ0v) is 19.2. The van der Waals surface area contributed by atoms with Gasteiger partial charge in [-0.25, -0.2) is 0 Å². The van der Waals surface area contributed by atoms with Crippen LogP contribution >= 0.6 is 8.58 Å². The minimum atomic E-state index is -0.0521. The lowest BCUT2D eigenvalue weighted by Gasteiger charge is -2.35. The van der Waals surface area contributed by atoms with E-state index in [0.29, 0.717) is 8.58 Å². The Hall–Kier alpha value is -1.77. The van der Waals surface area contributed by atoms with Gasteiger partial charge in [-0.15, -0.1) is 0 Å². The summed E-state index contributed by atoms with van der Waals surface area (Å²) in [6.45, 7) is 7.16. The number of methoxy groups -OCH3 is 2. The van der Waals surface area contributed by atoms with Crippen molar-refractivity contribution in [3.05, 3.63) is 48.0 Å². The predicted molar refractivity (Wildman–Crippen MR) is 124 cm³/mol. The summed E-state index contributed by atoms with van der Waals surface area (Å²) in [7, 11) is 4.00. The van der Waals surface area contributed by atoms with Gasteiger partial charge in [0, 0.05) is 36.6 Å². The first-order valence-corrected chi connectivity index (χ1v) is 11.5. The Bertz CT molecular complexity index is 791. The van der Waals surface area contributed by atoms with Gasteiger partial charge in [0.1, 0.15) is 11.5 Å². The lowest BCUT2D eigenvalue weighted by atomic mass is 9.96. The van der Waals surface area contributed by atoms with E-state index in [9.17, 15) is 0 Å². The number of anilines is 1. The number of ether oxygens (including phenoxy) is 3. The number of hydrogen-bond donors (Lipinski definition) is 0. The summed E-state index contributed by atoms with van der Waals surface area (Å²) in [5.74, 6) is 1.73. The van der Waals surface area contributed by atoms with Crippen LogP contribution in [-0.4, -0.2) is 34.1 Å². The van der Waals surface area contributed by atoms with E-state index in [1.165, 1.54) is 35.8 Å². The van der Waals surface area contributed by atoms with Crippen LogP contribution in [0.2, 0.25) is 0 Å². The fraction of sp³-hybridized carbons (Fsp3) is 0.500. The van der Waals surface area contributed by atoms with Crippen LogP contribution in [0, 0.1) is 0 Å². The number of rotatable bonds is 9. The second-order valence-electron chi connectivity index (χ2n) is 7.79. The summed E-state index contributed by atoms with van der Waals surface area (Å²) in [6.07, 6.45) is 4.93. The lowest BCUT2D eigenvalue weighted by molar-refractivity contribution is 0.0500. The quantitative estimate of drug-likeness (QED) is 0.411. The van der Waals surface area contributed by atoms with Crippen molar-refractivity contribution in [3.8, 4) is 11.5 Å². The largest absolute Gasteiger partial charge is 0.497 e. The van der Waals surface area contributed by atoms with Gasteiger partial charge in [0.25, 0.3) is 0 Å². The average molecular weight is 416 g/mol. The monoisotopic (exact) mass is 415 g/mol. The highest BCUT2D eigenvalue weighted by atomic mass is 31.1. The molecule has 1 fully saturated rings. The number of piperidine rings is 1. The van der Waals surface area contributed by atoms with E-state index in [4.69, 9.17) is 14.2 Å². The van der Waals surface area contributed by atoms with Crippen molar-refractivity contribution < 1.29 is 14.2 Å². The van der Waals surface area contributed by atoms with Crippen molar-refractivity contribution in [1.29, 1.82) is 0 Å². The van der Waals surface area contributed by atoms with Crippen LogP contribution in [0.25, 0.3) is 0 Å². The van der Waals surface area contributed by atoms with Crippen molar-refractivity contribution in [2.75, 3.05) is 39.0 Å². The van der Waals surface area contributed by atoms with E-state index in [1.54, 1.807) is 14.2 Å². The first kappa shape index (κ1) is 21.9. The SMILES string of the molecule is CCC(C)(Pc1ccccc1N1CCCCC1)c1cc(OC)ccc1OCOC. The molecule has 1 saturated heterocycles. The van der Waals surface area contributed by atoms with Gasteiger partial charge < -0.3 is 19.1 Å². The standard InChI is InChI=1S/C24H34NO3P/c1-5-24(2,20-17-19(27-4)13-14-22(20)28-18-26-3)29-23-12-8-7-11-21(23)25-15-9-6-10-16-25/h7-8,11-14,17,29H,5-6,9-10,15-16,18H2,1-4H3. The van der Waals surface area contributed by atoms with Crippen LogP contribution in [0.4, 0.5) is 5.69 Å². The van der Waals surface area contributed by atoms with Gasteiger partial charge in [0.15, 0.2) is 6.79 Å². The molecule has 5 heteroatoms. The maximum absolute atomic E-state index is 5.93. The van der Waals surface area contributed by atoms with Gasteiger partial charge in [-0.1, -0.05) is 40.6 Å². The van der Waals surface area contributed by atoms with Crippen LogP contribution in [0.15, 0.2) is 42.5 Å². The van der Waals surface area contributed by atoms with E-state index in [0.717, 1.165) is 31.0 Å². The molecule has 1 aliphatic rings. The minimum Gasteiger partial charge on any atom is -0.497 e. The van der Waals surface area contributed by atoms with Crippen molar-refractivity contribution >= 4 is 19.6 Å². The molecule has 0 aliphatic carbocycles. The Morgan fingerprint density at radius 2 is 1.79 bits per heavy atom. The summed E-state index contributed by atoms with van der Waals surface area (Å²) < 4.78 is 16.6. The van der Waals surface area contributed by atoms with Gasteiger partial charge in [0.05, 0.1) is 7.11 Å². The molecule has 0 radical (unpaired) electrons. The third-order valence-electron chi connectivity index (χ3n) is 5.83. The van der Waals surface area contributed by atoms with Crippen LogP contribution in [0.5, 0.6) is 11.5 Å². The van der Waals surface area contributed by atoms with Crippen molar-refractivity contribution in [2.24, 2.45) is 0 Å². The van der Waals surface area contributed by atoms with Crippen molar-refractivity contribution in [3.63, 3.8) is 0 Å². The molecule has 0 N–H and O–H groups in total. The van der Waals surface area contributed by atoms with E-state index in [1.807, 2.05) is 12.1 Å². The van der Waals surface area contributed by atoms with Crippen LogP contribution < -0.4 is 19.7 Å². The molecule has 158 valence electrons. The lowest BCUT2D eigenvalue weighted by Crippen LogP contribution is -2.33. The van der Waals surface area contributed by atoms with E-state index >= 15 is 0 Å². The van der Waals surface area contributed by atoms with Gasteiger partial charge in [-0.2, -0.15) is 0 Å². The number of nitrogens with zero attached hydrogens (tertiary/aromatic N) is 1. The molecule has 0 aromatic heterocycles. The topological polar surface area (TPSA) is 30.9 Å². The summed E-state index contributed by atoms with van der Waals surface area (Å²) >= 11 is 0. The summed E-state index contributed by atoms with van der Waals surface area (Å²) in [6, 6.07) is 15.0. The second kappa shape index (κ2) is 10.3. The highest BCUT2D eigenvalue weighted by Crippen LogP contribution is 2.49. The Morgan fingerprint density at radius 3 is 2.48 bits per heavy atom. The number of hydrogen-bond acceptors (Lipinski definition) is 4. The smallest absolute Gasteiger partial charge is 0.188 e. The Kier molecular flexibility index (Phi) is 7.80. The maximum Gasteiger partial charge on any atom is 0.188 e. The molecule has 2 atom stereocenters. The number of para-hydroxylation sites is 1. The highest BCUT2D eigenvalue weighted by molar-refractivity contribution is 7.49. The van der Waals surface area contributed by atoms with E-state index < -0.39 is 0 Å². The van der Waals surface area contributed by atoms with Crippen molar-refractivity contribution in [2.45, 2.75) is 44.7 Å². The summed E-state index contributed by atoms with van der Waals surface area (Å²) in [4.78, 5) is 2.57. The fourth-order valence-electron chi connectivity index (χ4n) is 3.95. The molecule has 29 heavy (non-hydrogen) atoms. The van der Waals surface area contributed by atoms with E-state index in [2.05, 4.69) is 49.1 Å². The van der Waals surface area contributed by atoms with Crippen molar-refractivity contribution in [1.82, 2.24) is 0 Å². The molecule has 4 nitrogen and oxygen atoms in total. The zero-order valence-electron chi connectivity index (χ0n) is 18.2. The maximum atomic E-state index is 5.93. The first-order valence-electron chi connectivity index (χ1n) is 10.5. The van der Waals surface area contributed by atoms with Crippen LogP contribution in [-0.2, 0) is 9.89 Å². The van der Waals surface area contributed by atoms with Gasteiger partial charge in [-0.3, -0.25) is 0 Å². The molecule has 2 aromatic rings. The van der Waals surface area contributed by atoms with E-state index in [-0.39, 0.29) is 11.9 Å². The summed E-state index contributed by atoms with van der Waals surface area (Å²) in [5, 5.41) is 1.38. The highest BCUT2D eigenvalue weighted by Gasteiger charge is 2.31. The first-order chi connectivity index (χ1) is 14.1. The molecule has 1 heterocycles. The Labute approximate surface area is 177 Å². The predicted octanol–water partition coefficient (Wildman–Crippen LogP) is 5.30. The molecule has 2 aromatic carbocycles. The minimum absolute atomic E-state index is 0.0521. The Morgan fingerprint density at radius 1 is 1.03 bits per heavy atom.